The van der Waals surface area contributed by atoms with E-state index in [1.54, 1.807) is 4.68 Å². The van der Waals surface area contributed by atoms with Gasteiger partial charge in [-0.1, -0.05) is 13.3 Å². The molecule has 5 nitrogen and oxygen atoms in total. The number of hydrogen-bond donors (Lipinski definition) is 3. The lowest BCUT2D eigenvalue weighted by Gasteiger charge is -2.04. The summed E-state index contributed by atoms with van der Waals surface area (Å²) in [6.07, 6.45) is 1.92. The fraction of sp³-hybridized carbons (Fsp3) is 0.667. The Bertz CT molecular complexity index is 295. The van der Waals surface area contributed by atoms with Crippen LogP contribution >= 0.6 is 0 Å². The molecule has 1 heterocycles. The summed E-state index contributed by atoms with van der Waals surface area (Å²) in [5, 5.41) is 16.0. The van der Waals surface area contributed by atoms with E-state index < -0.39 is 0 Å². The second kappa shape index (κ2) is 4.85. The minimum absolute atomic E-state index is 0.0910. The van der Waals surface area contributed by atoms with Crippen molar-refractivity contribution in [1.82, 2.24) is 9.78 Å². The quantitative estimate of drug-likeness (QED) is 0.638. The molecule has 1 aromatic heterocycles. The highest BCUT2D eigenvalue weighted by Gasteiger charge is 2.11. The van der Waals surface area contributed by atoms with E-state index >= 15 is 0 Å². The van der Waals surface area contributed by atoms with Crippen LogP contribution < -0.4 is 11.1 Å². The van der Waals surface area contributed by atoms with Crippen molar-refractivity contribution in [3.8, 4) is 0 Å². The molecule has 0 aliphatic rings. The average molecular weight is 198 g/mol. The van der Waals surface area contributed by atoms with Crippen molar-refractivity contribution in [2.75, 3.05) is 24.2 Å². The topological polar surface area (TPSA) is 76.1 Å². The first-order chi connectivity index (χ1) is 6.70. The second-order valence-corrected chi connectivity index (χ2v) is 3.23. The number of aliphatic hydroxyl groups is 1. The standard InChI is InChI=1S/C9H18N4O/c1-3-4-7-8(10)9(11-5-6-14)13(2)12-7/h11,14H,3-6,10H2,1-2H3. The highest BCUT2D eigenvalue weighted by molar-refractivity contribution is 5.64. The summed E-state index contributed by atoms with van der Waals surface area (Å²) in [6, 6.07) is 0. The molecule has 0 aromatic carbocycles. The zero-order valence-corrected chi connectivity index (χ0v) is 8.75. The van der Waals surface area contributed by atoms with Gasteiger partial charge >= 0.3 is 0 Å². The minimum Gasteiger partial charge on any atom is -0.395 e. The SMILES string of the molecule is CCCc1nn(C)c(NCCO)c1N. The smallest absolute Gasteiger partial charge is 0.147 e. The predicted octanol–water partition coefficient (Wildman–Crippen LogP) is 0.359. The number of anilines is 2. The zero-order chi connectivity index (χ0) is 10.6. The Morgan fingerprint density at radius 3 is 2.86 bits per heavy atom. The molecule has 4 N–H and O–H groups in total. The summed E-state index contributed by atoms with van der Waals surface area (Å²) >= 11 is 0. The Morgan fingerprint density at radius 2 is 2.29 bits per heavy atom. The Hall–Kier alpha value is -1.23. The maximum Gasteiger partial charge on any atom is 0.147 e. The van der Waals surface area contributed by atoms with Crippen molar-refractivity contribution in [3.63, 3.8) is 0 Å². The summed E-state index contributed by atoms with van der Waals surface area (Å²) in [7, 11) is 1.84. The van der Waals surface area contributed by atoms with Gasteiger partial charge < -0.3 is 16.2 Å². The highest BCUT2D eigenvalue weighted by atomic mass is 16.3. The number of aryl methyl sites for hydroxylation is 2. The highest BCUT2D eigenvalue weighted by Crippen LogP contribution is 2.22. The molecule has 0 fully saturated rings. The van der Waals surface area contributed by atoms with Crippen LogP contribution in [0.3, 0.4) is 0 Å². The molecule has 80 valence electrons. The molecule has 0 saturated carbocycles. The molecule has 5 heteroatoms. The van der Waals surface area contributed by atoms with Crippen molar-refractivity contribution in [2.24, 2.45) is 7.05 Å². The van der Waals surface area contributed by atoms with Gasteiger partial charge in [0.2, 0.25) is 0 Å². The summed E-state index contributed by atoms with van der Waals surface area (Å²) in [5.41, 5.74) is 7.53. The van der Waals surface area contributed by atoms with Crippen molar-refractivity contribution < 1.29 is 5.11 Å². The van der Waals surface area contributed by atoms with Crippen LogP contribution in [0.5, 0.6) is 0 Å². The van der Waals surface area contributed by atoms with Crippen molar-refractivity contribution in [2.45, 2.75) is 19.8 Å². The average Bonchev–Trinajstić information content (AvgIpc) is 2.41. The predicted molar refractivity (Wildman–Crippen MR) is 57.2 cm³/mol. The lowest BCUT2D eigenvalue weighted by atomic mass is 10.2. The molecule has 0 spiro atoms. The summed E-state index contributed by atoms with van der Waals surface area (Å²) < 4.78 is 1.72. The van der Waals surface area contributed by atoms with Crippen molar-refractivity contribution in [1.29, 1.82) is 0 Å². The van der Waals surface area contributed by atoms with Crippen LogP contribution in [0.4, 0.5) is 11.5 Å². The van der Waals surface area contributed by atoms with Gasteiger partial charge in [-0.25, -0.2) is 0 Å². The Morgan fingerprint density at radius 1 is 1.57 bits per heavy atom. The van der Waals surface area contributed by atoms with Gasteiger partial charge in [0, 0.05) is 13.6 Å². The summed E-state index contributed by atoms with van der Waals surface area (Å²) in [5.74, 6) is 0.794. The van der Waals surface area contributed by atoms with Gasteiger partial charge in [0.1, 0.15) is 5.82 Å². The molecular formula is C9H18N4O. The Balaban J connectivity index is 2.81. The Kier molecular flexibility index (Phi) is 3.76. The zero-order valence-electron chi connectivity index (χ0n) is 8.75. The van der Waals surface area contributed by atoms with Gasteiger partial charge in [-0.05, 0) is 6.42 Å². The van der Waals surface area contributed by atoms with Crippen LogP contribution in [-0.4, -0.2) is 28.0 Å². The van der Waals surface area contributed by atoms with E-state index in [0.29, 0.717) is 12.2 Å². The minimum atomic E-state index is 0.0910. The van der Waals surface area contributed by atoms with Crippen LogP contribution in [0, 0.1) is 0 Å². The van der Waals surface area contributed by atoms with Crippen LogP contribution in [0.1, 0.15) is 19.0 Å². The third-order valence-electron chi connectivity index (χ3n) is 2.05. The van der Waals surface area contributed by atoms with Gasteiger partial charge in [0.15, 0.2) is 0 Å². The molecule has 1 aromatic rings. The molecule has 0 aliphatic heterocycles. The number of hydrogen-bond acceptors (Lipinski definition) is 4. The van der Waals surface area contributed by atoms with Crippen molar-refractivity contribution >= 4 is 11.5 Å². The van der Waals surface area contributed by atoms with Gasteiger partial charge in [-0.15, -0.1) is 0 Å². The molecule has 0 radical (unpaired) electrons. The number of nitrogens with one attached hydrogen (secondary N) is 1. The number of aromatic nitrogens is 2. The van der Waals surface area contributed by atoms with Crippen LogP contribution in [0.15, 0.2) is 0 Å². The van der Waals surface area contributed by atoms with E-state index in [1.807, 2.05) is 7.05 Å². The number of nitrogens with zero attached hydrogens (tertiary/aromatic N) is 2. The van der Waals surface area contributed by atoms with E-state index in [4.69, 9.17) is 10.8 Å². The number of aliphatic hydroxyl groups excluding tert-OH is 1. The molecular weight excluding hydrogens is 180 g/mol. The third kappa shape index (κ3) is 2.17. The molecule has 0 unspecified atom stereocenters. The molecule has 0 bridgehead atoms. The summed E-state index contributed by atoms with van der Waals surface area (Å²) in [4.78, 5) is 0. The van der Waals surface area contributed by atoms with Crippen LogP contribution in [-0.2, 0) is 13.5 Å². The van der Waals surface area contributed by atoms with E-state index in [0.717, 1.165) is 24.4 Å². The van der Waals surface area contributed by atoms with E-state index in [1.165, 1.54) is 0 Å². The molecule has 0 atom stereocenters. The maximum atomic E-state index is 8.69. The lowest BCUT2D eigenvalue weighted by Crippen LogP contribution is -2.10. The summed E-state index contributed by atoms with van der Waals surface area (Å²) in [6.45, 7) is 2.68. The number of rotatable bonds is 5. The van der Waals surface area contributed by atoms with E-state index in [-0.39, 0.29) is 6.61 Å². The molecule has 0 aliphatic carbocycles. The van der Waals surface area contributed by atoms with Crippen LogP contribution in [0.2, 0.25) is 0 Å². The van der Waals surface area contributed by atoms with Crippen molar-refractivity contribution in [3.05, 3.63) is 5.69 Å². The number of nitrogens with two attached hydrogens (primary N) is 1. The number of nitrogen functional groups attached to an aromatic ring is 1. The first-order valence-electron chi connectivity index (χ1n) is 4.86. The van der Waals surface area contributed by atoms with Crippen LogP contribution in [0.25, 0.3) is 0 Å². The maximum absolute atomic E-state index is 8.69. The monoisotopic (exact) mass is 198 g/mol. The fourth-order valence-electron chi connectivity index (χ4n) is 1.40. The van der Waals surface area contributed by atoms with E-state index in [2.05, 4.69) is 17.3 Å². The first kappa shape index (κ1) is 10.8. The van der Waals surface area contributed by atoms with E-state index in [9.17, 15) is 0 Å². The van der Waals surface area contributed by atoms with Gasteiger partial charge in [0.05, 0.1) is 18.0 Å². The molecule has 0 saturated heterocycles. The normalized spacial score (nSPS) is 10.5. The molecule has 1 rings (SSSR count). The third-order valence-corrected chi connectivity index (χ3v) is 2.05. The second-order valence-electron chi connectivity index (χ2n) is 3.23. The largest absolute Gasteiger partial charge is 0.395 e. The Labute approximate surface area is 83.9 Å². The van der Waals surface area contributed by atoms with Gasteiger partial charge in [-0.3, -0.25) is 4.68 Å². The molecule has 0 amide bonds. The molecule has 14 heavy (non-hydrogen) atoms. The fourth-order valence-corrected chi connectivity index (χ4v) is 1.40. The first-order valence-corrected chi connectivity index (χ1v) is 4.86. The van der Waals surface area contributed by atoms with Gasteiger partial charge in [0.25, 0.3) is 0 Å². The van der Waals surface area contributed by atoms with Gasteiger partial charge in [-0.2, -0.15) is 5.10 Å². The lowest BCUT2D eigenvalue weighted by molar-refractivity contribution is 0.311.